The van der Waals surface area contributed by atoms with Gasteiger partial charge >= 0.3 is 0 Å². The summed E-state index contributed by atoms with van der Waals surface area (Å²) in [5.41, 5.74) is 2.65. The molecule has 0 saturated carbocycles. The molecule has 2 aromatic carbocycles. The lowest BCUT2D eigenvalue weighted by Gasteiger charge is -2.04. The van der Waals surface area contributed by atoms with Gasteiger partial charge in [0.15, 0.2) is 0 Å². The highest BCUT2D eigenvalue weighted by molar-refractivity contribution is 7.89. The Hall–Kier alpha value is -2.49. The van der Waals surface area contributed by atoms with Crippen molar-refractivity contribution in [1.82, 2.24) is 0 Å². The number of rotatable bonds is 5. The number of hydrogen-bond donors (Lipinski definition) is 2. The fraction of sp³-hybridized carbons (Fsp3) is 0. The first-order chi connectivity index (χ1) is 10.8. The van der Waals surface area contributed by atoms with Crippen LogP contribution in [-0.4, -0.2) is 19.6 Å². The number of halogens is 1. The third-order valence-corrected chi connectivity index (χ3v) is 4.04. The van der Waals surface area contributed by atoms with Crippen molar-refractivity contribution in [3.8, 4) is 0 Å². The zero-order chi connectivity index (χ0) is 17.0. The van der Waals surface area contributed by atoms with Crippen molar-refractivity contribution in [3.05, 3.63) is 63.2 Å². The quantitative estimate of drug-likeness (QED) is 0.484. The number of hydrogen-bond acceptors (Lipinski definition) is 6. The molecule has 0 aliphatic heterocycles. The summed E-state index contributed by atoms with van der Waals surface area (Å²) in [6, 6.07) is 10.1. The van der Waals surface area contributed by atoms with Gasteiger partial charge in [0.05, 0.1) is 16.0 Å². The Morgan fingerprint density at radius 2 is 1.96 bits per heavy atom. The van der Waals surface area contributed by atoms with Gasteiger partial charge < -0.3 is 0 Å². The predicted octanol–water partition coefficient (Wildman–Crippen LogP) is 2.34. The fourth-order valence-electron chi connectivity index (χ4n) is 1.69. The zero-order valence-electron chi connectivity index (χ0n) is 11.5. The molecule has 23 heavy (non-hydrogen) atoms. The number of benzene rings is 2. The maximum Gasteiger partial charge on any atom is 0.295 e. The van der Waals surface area contributed by atoms with E-state index in [1.165, 1.54) is 12.3 Å². The molecule has 3 N–H and O–H groups in total. The molecule has 0 unspecified atom stereocenters. The second kappa shape index (κ2) is 6.73. The average molecular weight is 355 g/mol. The van der Waals surface area contributed by atoms with Gasteiger partial charge in [0.2, 0.25) is 10.0 Å². The van der Waals surface area contributed by atoms with Crippen molar-refractivity contribution in [1.29, 1.82) is 0 Å². The van der Waals surface area contributed by atoms with E-state index in [1.54, 1.807) is 24.3 Å². The van der Waals surface area contributed by atoms with Gasteiger partial charge in [-0.25, -0.2) is 13.6 Å². The Balaban J connectivity index is 2.30. The molecule has 2 rings (SSSR count). The molecule has 0 radical (unpaired) electrons. The van der Waals surface area contributed by atoms with Crippen molar-refractivity contribution < 1.29 is 13.3 Å². The molecule has 0 heterocycles. The second-order valence-corrected chi connectivity index (χ2v) is 6.34. The van der Waals surface area contributed by atoms with E-state index >= 15 is 0 Å². The molecule has 0 aliphatic rings. The molecule has 0 bridgehead atoms. The van der Waals surface area contributed by atoms with Crippen LogP contribution in [0.25, 0.3) is 0 Å². The highest BCUT2D eigenvalue weighted by Gasteiger charge is 2.18. The van der Waals surface area contributed by atoms with E-state index in [-0.39, 0.29) is 10.6 Å². The van der Waals surface area contributed by atoms with Crippen molar-refractivity contribution in [2.24, 2.45) is 10.2 Å². The lowest BCUT2D eigenvalue weighted by Crippen LogP contribution is -2.12. The largest absolute Gasteiger partial charge is 0.295 e. The molecule has 2 aromatic rings. The molecule has 0 aliphatic carbocycles. The average Bonchev–Trinajstić information content (AvgIpc) is 2.48. The second-order valence-electron chi connectivity index (χ2n) is 4.37. The molecule has 0 atom stereocenters. The number of anilines is 1. The Bertz CT molecular complexity index is 883. The number of nitrogens with two attached hydrogens (primary N) is 1. The van der Waals surface area contributed by atoms with E-state index in [1.807, 2.05) is 0 Å². The minimum Gasteiger partial charge on any atom is -0.272 e. The van der Waals surface area contributed by atoms with E-state index in [2.05, 4.69) is 10.5 Å². The first-order valence-electron chi connectivity index (χ1n) is 6.14. The number of nitrogens with zero attached hydrogens (tertiary/aromatic N) is 2. The Morgan fingerprint density at radius 1 is 1.26 bits per heavy atom. The molecule has 120 valence electrons. The van der Waals surface area contributed by atoms with Crippen LogP contribution >= 0.6 is 11.6 Å². The number of nitro benzene ring substituents is 1. The van der Waals surface area contributed by atoms with Crippen LogP contribution in [-0.2, 0) is 10.0 Å². The molecule has 10 heteroatoms. The summed E-state index contributed by atoms with van der Waals surface area (Å²) in [5, 5.41) is 20.3. The van der Waals surface area contributed by atoms with Crippen LogP contribution in [0.4, 0.5) is 11.4 Å². The highest BCUT2D eigenvalue weighted by Crippen LogP contribution is 2.27. The Labute approximate surface area is 136 Å². The molecule has 0 spiro atoms. The lowest BCUT2D eigenvalue weighted by atomic mass is 10.2. The maximum atomic E-state index is 11.2. The van der Waals surface area contributed by atoms with E-state index in [0.29, 0.717) is 10.6 Å². The first-order valence-corrected chi connectivity index (χ1v) is 8.06. The van der Waals surface area contributed by atoms with Gasteiger partial charge in [-0.1, -0.05) is 29.8 Å². The van der Waals surface area contributed by atoms with Crippen LogP contribution in [0.5, 0.6) is 0 Å². The molecular weight excluding hydrogens is 344 g/mol. The zero-order valence-corrected chi connectivity index (χ0v) is 13.1. The minimum absolute atomic E-state index is 0.0192. The van der Waals surface area contributed by atoms with Crippen molar-refractivity contribution >= 4 is 39.2 Å². The van der Waals surface area contributed by atoms with Gasteiger partial charge in [-0.05, 0) is 18.2 Å². The van der Waals surface area contributed by atoms with E-state index in [9.17, 15) is 18.5 Å². The molecule has 0 saturated heterocycles. The third-order valence-electron chi connectivity index (χ3n) is 2.79. The Morgan fingerprint density at radius 3 is 2.57 bits per heavy atom. The van der Waals surface area contributed by atoms with Crippen LogP contribution in [0.1, 0.15) is 5.56 Å². The number of nitrogens with one attached hydrogen (secondary N) is 1. The van der Waals surface area contributed by atoms with Crippen molar-refractivity contribution in [2.45, 2.75) is 4.90 Å². The fourth-order valence-corrected chi connectivity index (χ4v) is 2.40. The van der Waals surface area contributed by atoms with Gasteiger partial charge in [-0.15, -0.1) is 0 Å². The summed E-state index contributed by atoms with van der Waals surface area (Å²) in [5.74, 6) is 0. The molecule has 0 amide bonds. The maximum absolute atomic E-state index is 11.2. The van der Waals surface area contributed by atoms with Crippen molar-refractivity contribution in [2.75, 3.05) is 5.43 Å². The third kappa shape index (κ3) is 4.25. The minimum atomic E-state index is -4.03. The molecular formula is C13H11ClN4O4S. The summed E-state index contributed by atoms with van der Waals surface area (Å²) < 4.78 is 22.5. The Kier molecular flexibility index (Phi) is 4.94. The van der Waals surface area contributed by atoms with Crippen LogP contribution in [0.3, 0.4) is 0 Å². The van der Waals surface area contributed by atoms with E-state index < -0.39 is 20.6 Å². The van der Waals surface area contributed by atoms with Gasteiger partial charge in [0.25, 0.3) is 5.69 Å². The van der Waals surface area contributed by atoms with Crippen molar-refractivity contribution in [3.63, 3.8) is 0 Å². The van der Waals surface area contributed by atoms with Gasteiger partial charge in [-0.3, -0.25) is 15.5 Å². The first kappa shape index (κ1) is 16.9. The van der Waals surface area contributed by atoms with Crippen LogP contribution < -0.4 is 10.6 Å². The van der Waals surface area contributed by atoms with E-state index in [0.717, 1.165) is 12.1 Å². The van der Waals surface area contributed by atoms with Crippen LogP contribution in [0.15, 0.2) is 52.5 Å². The van der Waals surface area contributed by atoms with E-state index in [4.69, 9.17) is 16.7 Å². The number of primary sulfonamides is 1. The number of sulfonamides is 1. The van der Waals surface area contributed by atoms with Crippen LogP contribution in [0, 0.1) is 10.1 Å². The number of nitro groups is 1. The summed E-state index contributed by atoms with van der Waals surface area (Å²) in [6.45, 7) is 0. The molecule has 0 aromatic heterocycles. The monoisotopic (exact) mass is 354 g/mol. The topological polar surface area (TPSA) is 128 Å². The SMILES string of the molecule is NS(=O)(=O)c1ccc(N/N=C\c2ccccc2Cl)c([N+](=O)[O-])c1. The summed E-state index contributed by atoms with van der Waals surface area (Å²) in [6.07, 6.45) is 1.39. The molecule has 0 fully saturated rings. The smallest absolute Gasteiger partial charge is 0.272 e. The van der Waals surface area contributed by atoms with Gasteiger partial charge in [-0.2, -0.15) is 5.10 Å². The normalized spacial score (nSPS) is 11.6. The summed E-state index contributed by atoms with van der Waals surface area (Å²) in [4.78, 5) is 9.95. The number of hydrazone groups is 1. The standard InChI is InChI=1S/C13H11ClN4O4S/c14-11-4-2-1-3-9(11)8-16-17-12-6-5-10(23(15,21)22)7-13(12)18(19)20/h1-8,17H,(H2,15,21,22)/b16-8-. The summed E-state index contributed by atoms with van der Waals surface area (Å²) >= 11 is 5.95. The van der Waals surface area contributed by atoms with Gasteiger partial charge in [0.1, 0.15) is 5.69 Å². The predicted molar refractivity (Wildman–Crippen MR) is 87.1 cm³/mol. The highest BCUT2D eigenvalue weighted by atomic mass is 35.5. The lowest BCUT2D eigenvalue weighted by molar-refractivity contribution is -0.384. The summed E-state index contributed by atoms with van der Waals surface area (Å²) in [7, 11) is -4.03. The molecule has 8 nitrogen and oxygen atoms in total. The van der Waals surface area contributed by atoms with Crippen LogP contribution in [0.2, 0.25) is 5.02 Å². The van der Waals surface area contributed by atoms with Gasteiger partial charge in [0, 0.05) is 16.7 Å².